The van der Waals surface area contributed by atoms with Gasteiger partial charge < -0.3 is 10.2 Å². The fraction of sp³-hybridized carbons (Fsp3) is 0.240. The van der Waals surface area contributed by atoms with E-state index in [1.165, 1.54) is 30.9 Å². The van der Waals surface area contributed by atoms with Crippen molar-refractivity contribution in [2.24, 2.45) is 5.16 Å². The number of nitrogens with one attached hydrogen (secondary N) is 1. The number of carbonyl (C=O) groups excluding carboxylic acids is 1. The second-order valence-corrected chi connectivity index (χ2v) is 9.21. The van der Waals surface area contributed by atoms with Crippen LogP contribution in [0.5, 0.6) is 0 Å². The Hall–Kier alpha value is -3.85. The molecular formula is C25H24N6O2S. The van der Waals surface area contributed by atoms with E-state index >= 15 is 0 Å². The first-order valence-corrected chi connectivity index (χ1v) is 11.8. The number of amides is 1. The molecule has 1 amide bonds. The number of fused-ring (bicyclic) bond motifs is 3. The molecule has 0 spiro atoms. The molecule has 34 heavy (non-hydrogen) atoms. The third-order valence-corrected chi connectivity index (χ3v) is 6.75. The molecule has 3 aromatic heterocycles. The van der Waals surface area contributed by atoms with Gasteiger partial charge in [0.05, 0.1) is 33.9 Å². The zero-order chi connectivity index (χ0) is 23.8. The smallest absolute Gasteiger partial charge is 0.223 e. The summed E-state index contributed by atoms with van der Waals surface area (Å²) in [4.78, 5) is 26.7. The molecule has 1 aromatic carbocycles. The number of nitrogens with zero attached hydrogens (tertiary/aromatic N) is 5. The maximum atomic E-state index is 11.6. The fourth-order valence-electron chi connectivity index (χ4n) is 4.20. The van der Waals surface area contributed by atoms with Crippen molar-refractivity contribution in [1.82, 2.24) is 19.7 Å². The van der Waals surface area contributed by atoms with E-state index in [9.17, 15) is 4.79 Å². The third kappa shape index (κ3) is 3.99. The second kappa shape index (κ2) is 8.83. The van der Waals surface area contributed by atoms with Crippen LogP contribution in [0.3, 0.4) is 0 Å². The minimum Gasteiger partial charge on any atom is -0.399 e. The van der Waals surface area contributed by atoms with Gasteiger partial charge in [0.1, 0.15) is 7.11 Å². The van der Waals surface area contributed by atoms with Crippen LogP contribution in [0.25, 0.3) is 27.5 Å². The van der Waals surface area contributed by atoms with Crippen LogP contribution in [0.1, 0.15) is 35.0 Å². The van der Waals surface area contributed by atoms with Crippen LogP contribution in [0, 0.1) is 13.8 Å². The molecule has 1 N–H and O–H groups in total. The predicted octanol–water partition coefficient (Wildman–Crippen LogP) is 4.71. The van der Waals surface area contributed by atoms with E-state index in [4.69, 9.17) is 14.9 Å². The molecule has 4 aromatic rings. The van der Waals surface area contributed by atoms with Crippen molar-refractivity contribution in [3.8, 4) is 27.5 Å². The van der Waals surface area contributed by atoms with Gasteiger partial charge in [0, 0.05) is 29.9 Å². The van der Waals surface area contributed by atoms with Crippen LogP contribution in [-0.2, 0) is 22.5 Å². The Labute approximate surface area is 201 Å². The highest BCUT2D eigenvalue weighted by Gasteiger charge is 2.30. The molecule has 9 heteroatoms. The van der Waals surface area contributed by atoms with Crippen molar-refractivity contribution in [2.45, 2.75) is 33.6 Å². The van der Waals surface area contributed by atoms with Crippen LogP contribution in [0.2, 0.25) is 0 Å². The molecule has 0 fully saturated rings. The Morgan fingerprint density at radius 2 is 2.09 bits per heavy atom. The molecule has 5 rings (SSSR count). The Morgan fingerprint density at radius 3 is 2.79 bits per heavy atom. The van der Waals surface area contributed by atoms with Gasteiger partial charge in [-0.05, 0) is 62.1 Å². The minimum absolute atomic E-state index is 0.129. The van der Waals surface area contributed by atoms with Gasteiger partial charge >= 0.3 is 0 Å². The summed E-state index contributed by atoms with van der Waals surface area (Å²) in [5.41, 5.74) is 9.01. The first kappa shape index (κ1) is 22.0. The summed E-state index contributed by atoms with van der Waals surface area (Å²) < 4.78 is 2.00. The zero-order valence-electron chi connectivity index (χ0n) is 19.4. The monoisotopic (exact) mass is 472 g/mol. The zero-order valence-corrected chi connectivity index (χ0v) is 20.2. The number of benzene rings is 1. The number of pyridine rings is 1. The number of aromatic nitrogens is 4. The maximum Gasteiger partial charge on any atom is 0.223 e. The van der Waals surface area contributed by atoms with E-state index in [0.717, 1.165) is 62.9 Å². The highest BCUT2D eigenvalue weighted by Crippen LogP contribution is 2.44. The van der Waals surface area contributed by atoms with Crippen molar-refractivity contribution in [3.05, 3.63) is 64.6 Å². The van der Waals surface area contributed by atoms with Crippen LogP contribution in [-0.4, -0.2) is 39.0 Å². The van der Waals surface area contributed by atoms with Gasteiger partial charge in [-0.3, -0.25) is 9.78 Å². The summed E-state index contributed by atoms with van der Waals surface area (Å²) in [6.45, 7) is 5.53. The van der Waals surface area contributed by atoms with Gasteiger partial charge in [-0.2, -0.15) is 5.10 Å². The highest BCUT2D eigenvalue weighted by molar-refractivity contribution is 7.19. The molecular weight excluding hydrogens is 448 g/mol. The first-order valence-electron chi connectivity index (χ1n) is 10.9. The molecule has 0 radical (unpaired) electrons. The summed E-state index contributed by atoms with van der Waals surface area (Å²) in [5.74, 6) is -0.129. The van der Waals surface area contributed by atoms with Crippen molar-refractivity contribution in [1.29, 1.82) is 0 Å². The lowest BCUT2D eigenvalue weighted by atomic mass is 9.95. The molecule has 0 unspecified atom stereocenters. The molecule has 0 aliphatic heterocycles. The molecule has 0 bridgehead atoms. The van der Waals surface area contributed by atoms with Crippen molar-refractivity contribution < 1.29 is 9.63 Å². The van der Waals surface area contributed by atoms with E-state index < -0.39 is 0 Å². The topological polar surface area (TPSA) is 94.3 Å². The summed E-state index contributed by atoms with van der Waals surface area (Å²) in [5, 5.41) is 12.4. The quantitative estimate of drug-likeness (QED) is 0.335. The fourth-order valence-corrected chi connectivity index (χ4v) is 5.31. The van der Waals surface area contributed by atoms with Crippen LogP contribution in [0.4, 0.5) is 5.13 Å². The van der Waals surface area contributed by atoms with E-state index in [-0.39, 0.29) is 5.91 Å². The summed E-state index contributed by atoms with van der Waals surface area (Å²) in [6, 6.07) is 10.2. The standard InChI is InChI=1S/C25H24N6O2S/c1-14-11-17(12-27-33-4)6-10-21(14)31-23-19(22(30-31)18-7-5-15(2)26-13-18)8-9-20-24(23)34-25(29-20)28-16(3)32/h5-7,10-13H,8-9H2,1-4H3,(H,28,29,32). The molecule has 0 saturated carbocycles. The Morgan fingerprint density at radius 1 is 1.24 bits per heavy atom. The average molecular weight is 473 g/mol. The molecule has 1 aliphatic rings. The van der Waals surface area contributed by atoms with Crippen molar-refractivity contribution in [2.75, 3.05) is 12.4 Å². The Bertz CT molecular complexity index is 1420. The first-order chi connectivity index (χ1) is 16.4. The predicted molar refractivity (Wildman–Crippen MR) is 134 cm³/mol. The van der Waals surface area contributed by atoms with E-state index in [1.54, 1.807) is 6.21 Å². The summed E-state index contributed by atoms with van der Waals surface area (Å²) in [7, 11) is 1.52. The molecule has 8 nitrogen and oxygen atoms in total. The lowest BCUT2D eigenvalue weighted by Crippen LogP contribution is -2.07. The van der Waals surface area contributed by atoms with Crippen LogP contribution < -0.4 is 5.32 Å². The van der Waals surface area contributed by atoms with Crippen LogP contribution in [0.15, 0.2) is 41.7 Å². The highest BCUT2D eigenvalue weighted by atomic mass is 32.1. The van der Waals surface area contributed by atoms with Crippen molar-refractivity contribution in [3.63, 3.8) is 0 Å². The number of rotatable bonds is 5. The van der Waals surface area contributed by atoms with E-state index in [2.05, 4.69) is 34.5 Å². The Balaban J connectivity index is 1.71. The summed E-state index contributed by atoms with van der Waals surface area (Å²) >= 11 is 1.49. The van der Waals surface area contributed by atoms with Gasteiger partial charge in [-0.1, -0.05) is 22.6 Å². The molecule has 0 saturated heterocycles. The molecule has 1 aliphatic carbocycles. The summed E-state index contributed by atoms with van der Waals surface area (Å²) in [6.07, 6.45) is 5.17. The SMILES string of the molecule is CON=Cc1ccc(-n2nc(-c3ccc(C)nc3)c3c2-c2sc(NC(C)=O)nc2CC3)c(C)c1. The van der Waals surface area contributed by atoms with Gasteiger partial charge in [0.15, 0.2) is 5.13 Å². The largest absolute Gasteiger partial charge is 0.399 e. The number of oxime groups is 1. The number of hydrogen-bond donors (Lipinski definition) is 1. The number of aryl methyl sites for hydroxylation is 3. The average Bonchev–Trinajstić information content (AvgIpc) is 3.38. The molecule has 3 heterocycles. The minimum atomic E-state index is -0.129. The third-order valence-electron chi connectivity index (χ3n) is 5.73. The van der Waals surface area contributed by atoms with Gasteiger partial charge in [0.2, 0.25) is 5.91 Å². The Kier molecular flexibility index (Phi) is 5.70. The number of anilines is 1. The van der Waals surface area contributed by atoms with E-state index in [1.807, 2.05) is 36.0 Å². The van der Waals surface area contributed by atoms with Gasteiger partial charge in [0.25, 0.3) is 0 Å². The maximum absolute atomic E-state index is 11.6. The van der Waals surface area contributed by atoms with Crippen LogP contribution >= 0.6 is 11.3 Å². The lowest BCUT2D eigenvalue weighted by molar-refractivity contribution is -0.114. The lowest BCUT2D eigenvalue weighted by Gasteiger charge is -2.15. The van der Waals surface area contributed by atoms with Crippen molar-refractivity contribution >= 4 is 28.6 Å². The molecule has 172 valence electrons. The number of hydrogen-bond acceptors (Lipinski definition) is 7. The normalized spacial score (nSPS) is 12.5. The van der Waals surface area contributed by atoms with E-state index in [0.29, 0.717) is 5.13 Å². The van der Waals surface area contributed by atoms with Gasteiger partial charge in [-0.15, -0.1) is 0 Å². The van der Waals surface area contributed by atoms with Gasteiger partial charge in [-0.25, -0.2) is 9.67 Å². The number of thiazole rings is 1. The molecule has 0 atom stereocenters. The number of carbonyl (C=O) groups is 1. The second-order valence-electron chi connectivity index (χ2n) is 8.21.